The largest absolute Gasteiger partial charge is 0.481 e. The van der Waals surface area contributed by atoms with Gasteiger partial charge in [0, 0.05) is 19.7 Å². The molecule has 5 heteroatoms. The topological polar surface area (TPSA) is 66.8 Å². The highest BCUT2D eigenvalue weighted by molar-refractivity contribution is 5.84. The fourth-order valence-corrected chi connectivity index (χ4v) is 2.39. The van der Waals surface area contributed by atoms with Crippen LogP contribution in [-0.4, -0.2) is 47.7 Å². The molecule has 17 heavy (non-hydrogen) atoms. The van der Waals surface area contributed by atoms with E-state index >= 15 is 0 Å². The van der Waals surface area contributed by atoms with Crippen LogP contribution in [0.2, 0.25) is 0 Å². The van der Waals surface area contributed by atoms with Gasteiger partial charge in [-0.15, -0.1) is 0 Å². The van der Waals surface area contributed by atoms with Crippen molar-refractivity contribution in [2.45, 2.75) is 32.8 Å². The number of ether oxygens (including phenoxy) is 1. The lowest BCUT2D eigenvalue weighted by Crippen LogP contribution is -2.36. The Morgan fingerprint density at radius 1 is 1.53 bits per heavy atom. The van der Waals surface area contributed by atoms with Crippen molar-refractivity contribution < 1.29 is 19.4 Å². The molecule has 2 fully saturated rings. The third-order valence-electron chi connectivity index (χ3n) is 3.73. The highest BCUT2D eigenvalue weighted by atomic mass is 16.5. The maximum absolute atomic E-state index is 12.1. The molecule has 1 saturated carbocycles. The molecule has 1 aliphatic carbocycles. The van der Waals surface area contributed by atoms with E-state index in [-0.39, 0.29) is 17.9 Å². The second-order valence-electron chi connectivity index (χ2n) is 5.21. The van der Waals surface area contributed by atoms with Gasteiger partial charge in [0.15, 0.2) is 0 Å². The summed E-state index contributed by atoms with van der Waals surface area (Å²) in [7, 11) is 0. The van der Waals surface area contributed by atoms with Crippen LogP contribution in [-0.2, 0) is 14.3 Å². The van der Waals surface area contributed by atoms with Gasteiger partial charge in [0.25, 0.3) is 0 Å². The first kappa shape index (κ1) is 12.4. The molecule has 1 aliphatic heterocycles. The van der Waals surface area contributed by atoms with Crippen LogP contribution in [0.5, 0.6) is 0 Å². The zero-order valence-corrected chi connectivity index (χ0v) is 10.3. The van der Waals surface area contributed by atoms with Crippen molar-refractivity contribution >= 4 is 11.9 Å². The zero-order valence-electron chi connectivity index (χ0n) is 10.3. The Bertz CT molecular complexity index is 343. The van der Waals surface area contributed by atoms with Crippen LogP contribution < -0.4 is 0 Å². The van der Waals surface area contributed by atoms with Crippen LogP contribution in [0.1, 0.15) is 26.7 Å². The molecule has 1 N–H and O–H groups in total. The summed E-state index contributed by atoms with van der Waals surface area (Å²) >= 11 is 0. The van der Waals surface area contributed by atoms with E-state index in [4.69, 9.17) is 9.84 Å². The van der Waals surface area contributed by atoms with E-state index in [0.29, 0.717) is 26.1 Å². The van der Waals surface area contributed by atoms with Crippen molar-refractivity contribution in [3.8, 4) is 0 Å². The van der Waals surface area contributed by atoms with Crippen LogP contribution in [0, 0.1) is 11.3 Å². The highest BCUT2D eigenvalue weighted by Crippen LogP contribution is 2.38. The summed E-state index contributed by atoms with van der Waals surface area (Å²) in [5, 5.41) is 9.10. The van der Waals surface area contributed by atoms with Crippen LogP contribution in [0.15, 0.2) is 0 Å². The van der Waals surface area contributed by atoms with Gasteiger partial charge in [-0.05, 0) is 26.7 Å². The molecule has 0 aromatic rings. The van der Waals surface area contributed by atoms with Gasteiger partial charge in [0.1, 0.15) is 0 Å². The molecule has 1 amide bonds. The van der Waals surface area contributed by atoms with Gasteiger partial charge in [-0.1, -0.05) is 0 Å². The van der Waals surface area contributed by atoms with E-state index in [1.165, 1.54) is 0 Å². The summed E-state index contributed by atoms with van der Waals surface area (Å²) in [6, 6.07) is 0. The van der Waals surface area contributed by atoms with Crippen molar-refractivity contribution in [1.82, 2.24) is 4.90 Å². The molecule has 0 aromatic heterocycles. The third kappa shape index (κ3) is 2.29. The van der Waals surface area contributed by atoms with Gasteiger partial charge in [-0.25, -0.2) is 0 Å². The molecule has 2 aliphatic rings. The average molecular weight is 241 g/mol. The van der Waals surface area contributed by atoms with E-state index in [1.807, 2.05) is 6.92 Å². The SMILES string of the molecule is CCOC1CC1C(=O)N1CCC(C)(C(=O)O)C1. The number of aliphatic carboxylic acids is 1. The van der Waals surface area contributed by atoms with Gasteiger partial charge >= 0.3 is 5.97 Å². The predicted molar refractivity (Wildman–Crippen MR) is 60.5 cm³/mol. The maximum Gasteiger partial charge on any atom is 0.311 e. The molecule has 0 spiro atoms. The van der Waals surface area contributed by atoms with Crippen LogP contribution >= 0.6 is 0 Å². The lowest BCUT2D eigenvalue weighted by atomic mass is 9.90. The Balaban J connectivity index is 1.89. The minimum atomic E-state index is -0.815. The smallest absolute Gasteiger partial charge is 0.311 e. The Morgan fingerprint density at radius 2 is 2.24 bits per heavy atom. The first-order valence-corrected chi connectivity index (χ1v) is 6.12. The summed E-state index contributed by atoms with van der Waals surface area (Å²) in [5.74, 6) is -0.788. The molecule has 0 radical (unpaired) electrons. The molecular formula is C12H19NO4. The van der Waals surface area contributed by atoms with E-state index in [0.717, 1.165) is 6.42 Å². The van der Waals surface area contributed by atoms with E-state index in [2.05, 4.69) is 0 Å². The number of nitrogens with zero attached hydrogens (tertiary/aromatic N) is 1. The fraction of sp³-hybridized carbons (Fsp3) is 0.833. The summed E-state index contributed by atoms with van der Waals surface area (Å²) in [5.41, 5.74) is -0.772. The fourth-order valence-electron chi connectivity index (χ4n) is 2.39. The number of carbonyl (C=O) groups is 2. The number of rotatable bonds is 4. The lowest BCUT2D eigenvalue weighted by Gasteiger charge is -2.20. The molecule has 1 saturated heterocycles. The lowest BCUT2D eigenvalue weighted by molar-refractivity contribution is -0.147. The highest BCUT2D eigenvalue weighted by Gasteiger charge is 2.50. The monoisotopic (exact) mass is 241 g/mol. The normalized spacial score (nSPS) is 36.0. The predicted octanol–water partition coefficient (Wildman–Crippen LogP) is 0.735. The number of hydrogen-bond donors (Lipinski definition) is 1. The number of amides is 1. The van der Waals surface area contributed by atoms with Crippen LogP contribution in [0.3, 0.4) is 0 Å². The molecule has 1 heterocycles. The van der Waals surface area contributed by atoms with Crippen molar-refractivity contribution in [2.24, 2.45) is 11.3 Å². The van der Waals surface area contributed by atoms with Gasteiger partial charge in [0.05, 0.1) is 17.4 Å². The summed E-state index contributed by atoms with van der Waals surface area (Å²) < 4.78 is 5.38. The maximum atomic E-state index is 12.1. The quantitative estimate of drug-likeness (QED) is 0.788. The number of carboxylic acids is 1. The number of carboxylic acid groups (broad SMARTS) is 1. The van der Waals surface area contributed by atoms with E-state index < -0.39 is 11.4 Å². The first-order valence-electron chi connectivity index (χ1n) is 6.12. The Labute approximate surface area is 101 Å². The number of carbonyl (C=O) groups excluding carboxylic acids is 1. The summed E-state index contributed by atoms with van der Waals surface area (Å²) in [4.78, 5) is 24.8. The van der Waals surface area contributed by atoms with E-state index in [9.17, 15) is 9.59 Å². The van der Waals surface area contributed by atoms with Crippen molar-refractivity contribution in [2.75, 3.05) is 19.7 Å². The third-order valence-corrected chi connectivity index (χ3v) is 3.73. The minimum absolute atomic E-state index is 0.0360. The molecule has 0 aromatic carbocycles. The Hall–Kier alpha value is -1.10. The van der Waals surface area contributed by atoms with Crippen molar-refractivity contribution in [3.05, 3.63) is 0 Å². The van der Waals surface area contributed by atoms with Gasteiger partial charge in [-0.2, -0.15) is 0 Å². The van der Waals surface area contributed by atoms with Crippen LogP contribution in [0.4, 0.5) is 0 Å². The number of hydrogen-bond acceptors (Lipinski definition) is 3. The molecule has 96 valence electrons. The Kier molecular flexibility index (Phi) is 3.12. The van der Waals surface area contributed by atoms with Gasteiger partial charge < -0.3 is 14.7 Å². The Morgan fingerprint density at radius 3 is 2.76 bits per heavy atom. The minimum Gasteiger partial charge on any atom is -0.481 e. The molecule has 0 bridgehead atoms. The van der Waals surface area contributed by atoms with Gasteiger partial charge in [-0.3, -0.25) is 9.59 Å². The van der Waals surface area contributed by atoms with E-state index in [1.54, 1.807) is 11.8 Å². The zero-order chi connectivity index (χ0) is 12.6. The molecular weight excluding hydrogens is 222 g/mol. The second-order valence-corrected chi connectivity index (χ2v) is 5.21. The van der Waals surface area contributed by atoms with Gasteiger partial charge in [0.2, 0.25) is 5.91 Å². The first-order chi connectivity index (χ1) is 7.98. The molecule has 5 nitrogen and oxygen atoms in total. The van der Waals surface area contributed by atoms with Crippen molar-refractivity contribution in [3.63, 3.8) is 0 Å². The van der Waals surface area contributed by atoms with Crippen LogP contribution in [0.25, 0.3) is 0 Å². The average Bonchev–Trinajstić information content (AvgIpc) is 2.91. The molecule has 3 atom stereocenters. The molecule has 3 unspecified atom stereocenters. The standard InChI is InChI=1S/C12H19NO4/c1-3-17-9-6-8(9)10(14)13-5-4-12(2,7-13)11(15)16/h8-9H,3-7H2,1-2H3,(H,15,16). The molecule has 2 rings (SSSR count). The summed E-state index contributed by atoms with van der Waals surface area (Å²) in [6.07, 6.45) is 1.39. The summed E-state index contributed by atoms with van der Waals surface area (Å²) in [6.45, 7) is 5.13. The second kappa shape index (κ2) is 4.29. The van der Waals surface area contributed by atoms with Crippen molar-refractivity contribution in [1.29, 1.82) is 0 Å². The number of likely N-dealkylation sites (tertiary alicyclic amines) is 1.